The number of aromatic nitrogens is 1. The van der Waals surface area contributed by atoms with Crippen molar-refractivity contribution >= 4 is 5.91 Å². The molecule has 1 aliphatic rings. The lowest BCUT2D eigenvalue weighted by Crippen LogP contribution is -2.53. The first kappa shape index (κ1) is 13.6. The molecule has 3 heterocycles. The smallest absolute Gasteiger partial charge is 0.261 e. The van der Waals surface area contributed by atoms with Crippen LogP contribution in [0.1, 0.15) is 17.3 Å². The van der Waals surface area contributed by atoms with Crippen molar-refractivity contribution in [1.29, 1.82) is 0 Å². The lowest BCUT2D eigenvalue weighted by molar-refractivity contribution is 0.0654. The Kier molecular flexibility index (Phi) is 3.62. The van der Waals surface area contributed by atoms with Crippen LogP contribution in [0.5, 0.6) is 0 Å². The summed E-state index contributed by atoms with van der Waals surface area (Å²) in [5.74, 6) is 0.345. The number of piperazine rings is 1. The Labute approximate surface area is 121 Å². The molecular formula is C15H17N3O3. The van der Waals surface area contributed by atoms with Crippen molar-refractivity contribution in [2.24, 2.45) is 0 Å². The summed E-state index contributed by atoms with van der Waals surface area (Å²) in [5.41, 5.74) is 0.341. The summed E-state index contributed by atoms with van der Waals surface area (Å²) in [6.07, 6.45) is 1.54. The number of amides is 1. The predicted molar refractivity (Wildman–Crippen MR) is 78.1 cm³/mol. The predicted octanol–water partition coefficient (Wildman–Crippen LogP) is 1.07. The SMILES string of the molecule is CC1CNCCN1C(=O)c1ccc(-c2ccco2)[nH]c1=O. The van der Waals surface area contributed by atoms with E-state index in [4.69, 9.17) is 4.42 Å². The third-order valence-electron chi connectivity index (χ3n) is 3.69. The molecule has 0 aliphatic carbocycles. The number of H-pyrrole nitrogens is 1. The molecule has 0 radical (unpaired) electrons. The van der Waals surface area contributed by atoms with Crippen molar-refractivity contribution in [2.45, 2.75) is 13.0 Å². The average molecular weight is 287 g/mol. The van der Waals surface area contributed by atoms with Crippen LogP contribution in [0.4, 0.5) is 0 Å². The number of nitrogens with one attached hydrogen (secondary N) is 2. The van der Waals surface area contributed by atoms with Gasteiger partial charge < -0.3 is 19.6 Å². The number of hydrogen-bond donors (Lipinski definition) is 2. The zero-order valence-corrected chi connectivity index (χ0v) is 11.8. The maximum atomic E-state index is 12.5. The van der Waals surface area contributed by atoms with Gasteiger partial charge in [-0.05, 0) is 31.2 Å². The minimum Gasteiger partial charge on any atom is -0.463 e. The van der Waals surface area contributed by atoms with Crippen LogP contribution in [-0.4, -0.2) is 41.5 Å². The molecular weight excluding hydrogens is 270 g/mol. The number of carbonyl (C=O) groups excluding carboxylic acids is 1. The Morgan fingerprint density at radius 3 is 2.90 bits per heavy atom. The van der Waals surface area contributed by atoms with Crippen LogP contribution in [0.15, 0.2) is 39.7 Å². The minimum atomic E-state index is -0.389. The molecule has 6 heteroatoms. The Morgan fingerprint density at radius 2 is 2.24 bits per heavy atom. The van der Waals surface area contributed by atoms with Gasteiger partial charge in [0.2, 0.25) is 0 Å². The van der Waals surface area contributed by atoms with Gasteiger partial charge in [-0.2, -0.15) is 0 Å². The monoisotopic (exact) mass is 287 g/mol. The van der Waals surface area contributed by atoms with E-state index in [0.29, 0.717) is 18.0 Å². The van der Waals surface area contributed by atoms with Gasteiger partial charge in [-0.25, -0.2) is 0 Å². The first-order valence-electron chi connectivity index (χ1n) is 6.95. The van der Waals surface area contributed by atoms with Crippen LogP contribution in [-0.2, 0) is 0 Å². The summed E-state index contributed by atoms with van der Waals surface area (Å²) in [5, 5.41) is 3.22. The van der Waals surface area contributed by atoms with Crippen LogP contribution < -0.4 is 10.9 Å². The highest BCUT2D eigenvalue weighted by molar-refractivity contribution is 5.94. The highest BCUT2D eigenvalue weighted by Crippen LogP contribution is 2.16. The zero-order chi connectivity index (χ0) is 14.8. The van der Waals surface area contributed by atoms with Gasteiger partial charge >= 0.3 is 0 Å². The fraction of sp³-hybridized carbons (Fsp3) is 0.333. The van der Waals surface area contributed by atoms with Crippen molar-refractivity contribution in [3.05, 3.63) is 46.4 Å². The van der Waals surface area contributed by atoms with Crippen LogP contribution in [0, 0.1) is 0 Å². The van der Waals surface area contributed by atoms with E-state index in [1.54, 1.807) is 29.2 Å². The van der Waals surface area contributed by atoms with Crippen molar-refractivity contribution in [3.63, 3.8) is 0 Å². The summed E-state index contributed by atoms with van der Waals surface area (Å²) < 4.78 is 5.23. The van der Waals surface area contributed by atoms with Crippen LogP contribution in [0.2, 0.25) is 0 Å². The van der Waals surface area contributed by atoms with E-state index in [1.165, 1.54) is 6.26 Å². The molecule has 3 rings (SSSR count). The van der Waals surface area contributed by atoms with Crippen LogP contribution in [0.3, 0.4) is 0 Å². The van der Waals surface area contributed by atoms with Gasteiger partial charge in [0.05, 0.1) is 12.0 Å². The number of aromatic amines is 1. The first-order valence-corrected chi connectivity index (χ1v) is 6.95. The largest absolute Gasteiger partial charge is 0.463 e. The normalized spacial score (nSPS) is 18.7. The van der Waals surface area contributed by atoms with E-state index in [1.807, 2.05) is 6.92 Å². The Morgan fingerprint density at radius 1 is 1.38 bits per heavy atom. The van der Waals surface area contributed by atoms with Crippen molar-refractivity contribution in [1.82, 2.24) is 15.2 Å². The lowest BCUT2D eigenvalue weighted by atomic mass is 10.1. The third kappa shape index (κ3) is 2.62. The highest BCUT2D eigenvalue weighted by atomic mass is 16.3. The molecule has 110 valence electrons. The van der Waals surface area contributed by atoms with E-state index in [9.17, 15) is 9.59 Å². The molecule has 2 aromatic heterocycles. The molecule has 21 heavy (non-hydrogen) atoms. The lowest BCUT2D eigenvalue weighted by Gasteiger charge is -2.33. The number of pyridine rings is 1. The highest BCUT2D eigenvalue weighted by Gasteiger charge is 2.25. The number of furan rings is 1. The summed E-state index contributed by atoms with van der Waals surface area (Å²) in [6, 6.07) is 6.84. The maximum absolute atomic E-state index is 12.5. The van der Waals surface area contributed by atoms with E-state index < -0.39 is 0 Å². The van der Waals surface area contributed by atoms with Crippen LogP contribution >= 0.6 is 0 Å². The second kappa shape index (κ2) is 5.57. The van der Waals surface area contributed by atoms with Crippen molar-refractivity contribution < 1.29 is 9.21 Å². The number of carbonyl (C=O) groups is 1. The van der Waals surface area contributed by atoms with E-state index in [0.717, 1.165) is 13.1 Å². The molecule has 0 bridgehead atoms. The second-order valence-electron chi connectivity index (χ2n) is 5.14. The van der Waals surface area contributed by atoms with Crippen molar-refractivity contribution in [3.8, 4) is 11.5 Å². The standard InChI is InChI=1S/C15H17N3O3/c1-10-9-16-6-7-18(10)15(20)11-4-5-12(17-14(11)19)13-3-2-8-21-13/h2-5,8,10,16H,6-7,9H2,1H3,(H,17,19). The van der Waals surface area contributed by atoms with Gasteiger partial charge in [-0.3, -0.25) is 9.59 Å². The van der Waals surface area contributed by atoms with Gasteiger partial charge in [-0.1, -0.05) is 0 Å². The summed E-state index contributed by atoms with van der Waals surface area (Å²) in [7, 11) is 0. The van der Waals surface area contributed by atoms with Gasteiger partial charge in [0, 0.05) is 25.7 Å². The molecule has 0 saturated carbocycles. The minimum absolute atomic E-state index is 0.0791. The molecule has 1 unspecified atom stereocenters. The molecule has 0 spiro atoms. The van der Waals surface area contributed by atoms with E-state index in [2.05, 4.69) is 10.3 Å². The molecule has 1 amide bonds. The topological polar surface area (TPSA) is 78.3 Å². The third-order valence-corrected chi connectivity index (χ3v) is 3.69. The van der Waals surface area contributed by atoms with Crippen LogP contribution in [0.25, 0.3) is 11.5 Å². The molecule has 6 nitrogen and oxygen atoms in total. The van der Waals surface area contributed by atoms with E-state index in [-0.39, 0.29) is 23.1 Å². The number of rotatable bonds is 2. The molecule has 1 aliphatic heterocycles. The maximum Gasteiger partial charge on any atom is 0.261 e. The fourth-order valence-electron chi connectivity index (χ4n) is 2.52. The summed E-state index contributed by atoms with van der Waals surface area (Å²) in [4.78, 5) is 29.1. The van der Waals surface area contributed by atoms with Gasteiger partial charge in [0.1, 0.15) is 11.3 Å². The van der Waals surface area contributed by atoms with E-state index >= 15 is 0 Å². The number of nitrogens with zero attached hydrogens (tertiary/aromatic N) is 1. The Balaban J connectivity index is 1.89. The first-order chi connectivity index (χ1) is 10.2. The molecule has 1 atom stereocenters. The molecule has 2 N–H and O–H groups in total. The fourth-order valence-corrected chi connectivity index (χ4v) is 2.52. The van der Waals surface area contributed by atoms with Crippen molar-refractivity contribution in [2.75, 3.05) is 19.6 Å². The summed E-state index contributed by atoms with van der Waals surface area (Å²) >= 11 is 0. The molecule has 2 aromatic rings. The molecule has 0 aromatic carbocycles. The quantitative estimate of drug-likeness (QED) is 0.866. The van der Waals surface area contributed by atoms with Gasteiger partial charge in [0.25, 0.3) is 11.5 Å². The molecule has 1 saturated heterocycles. The van der Waals surface area contributed by atoms with Gasteiger partial charge in [-0.15, -0.1) is 0 Å². The number of hydrogen-bond acceptors (Lipinski definition) is 4. The van der Waals surface area contributed by atoms with Gasteiger partial charge in [0.15, 0.2) is 0 Å². The Bertz CT molecular complexity index is 690. The zero-order valence-electron chi connectivity index (χ0n) is 11.8. The Hall–Kier alpha value is -2.34. The second-order valence-corrected chi connectivity index (χ2v) is 5.14. The molecule has 1 fully saturated rings. The average Bonchev–Trinajstić information content (AvgIpc) is 3.01. The summed E-state index contributed by atoms with van der Waals surface area (Å²) in [6.45, 7) is 4.07.